The Bertz CT molecular complexity index is 1040. The van der Waals surface area contributed by atoms with Crippen LogP contribution >= 0.6 is 0 Å². The highest BCUT2D eigenvalue weighted by Crippen LogP contribution is 2.12. The Balaban J connectivity index is 1.64. The number of carbonyl (C=O) groups is 3. The molecule has 0 saturated carbocycles. The van der Waals surface area contributed by atoms with Gasteiger partial charge in [0.15, 0.2) is 17.6 Å². The molecule has 2 aromatic rings. The number of hydrogen-bond acceptors (Lipinski definition) is 6. The van der Waals surface area contributed by atoms with Crippen LogP contribution in [0.2, 0.25) is 0 Å². The van der Waals surface area contributed by atoms with Crippen molar-refractivity contribution in [1.29, 1.82) is 0 Å². The zero-order chi connectivity index (χ0) is 24.5. The summed E-state index contributed by atoms with van der Waals surface area (Å²) in [5.74, 6) is 4.65. The van der Waals surface area contributed by atoms with Crippen molar-refractivity contribution in [2.45, 2.75) is 25.9 Å². The van der Waals surface area contributed by atoms with Crippen LogP contribution in [0.25, 0.3) is 0 Å². The Morgan fingerprint density at radius 2 is 1.53 bits per heavy atom. The summed E-state index contributed by atoms with van der Waals surface area (Å²) in [5.41, 5.74) is 3.21. The summed E-state index contributed by atoms with van der Waals surface area (Å²) in [5, 5.41) is 9.17. The van der Waals surface area contributed by atoms with Crippen LogP contribution in [-0.4, -0.2) is 78.4 Å². The minimum Gasteiger partial charge on any atom is -0.388 e. The number of morpholine rings is 1. The van der Waals surface area contributed by atoms with Gasteiger partial charge in [-0.05, 0) is 42.0 Å². The van der Waals surface area contributed by atoms with E-state index in [0.29, 0.717) is 5.56 Å². The number of likely N-dealkylation sites (N-methyl/N-ethyl adjacent to an activating group) is 1. The van der Waals surface area contributed by atoms with Crippen molar-refractivity contribution in [2.75, 3.05) is 40.0 Å². The van der Waals surface area contributed by atoms with E-state index in [1.807, 2.05) is 12.1 Å². The number of hydrogen-bond donors (Lipinski definition) is 1. The van der Waals surface area contributed by atoms with Crippen molar-refractivity contribution in [3.8, 4) is 11.8 Å². The minimum atomic E-state index is -1.28. The molecule has 178 valence electrons. The number of nitrogens with zero attached hydrogens (tertiary/aromatic N) is 2. The summed E-state index contributed by atoms with van der Waals surface area (Å²) in [6.45, 7) is 5.17. The van der Waals surface area contributed by atoms with Crippen LogP contribution in [0.15, 0.2) is 48.5 Å². The minimum absolute atomic E-state index is 0.0940. The van der Waals surface area contributed by atoms with Gasteiger partial charge in [0.25, 0.3) is 5.91 Å². The zero-order valence-electron chi connectivity index (χ0n) is 19.6. The largest absolute Gasteiger partial charge is 0.388 e. The van der Waals surface area contributed by atoms with E-state index in [1.165, 1.54) is 12.6 Å². The van der Waals surface area contributed by atoms with Crippen molar-refractivity contribution in [3.63, 3.8) is 0 Å². The molecule has 0 aliphatic carbocycles. The molecule has 1 atom stereocenters. The monoisotopic (exact) mass is 462 g/mol. The summed E-state index contributed by atoms with van der Waals surface area (Å²) in [7, 11) is 1.39. The fourth-order valence-corrected chi connectivity index (χ4v) is 3.76. The van der Waals surface area contributed by atoms with Gasteiger partial charge in [-0.3, -0.25) is 19.3 Å². The third-order valence-electron chi connectivity index (χ3n) is 5.77. The first-order valence-electron chi connectivity index (χ1n) is 11.4. The maximum atomic E-state index is 12.8. The van der Waals surface area contributed by atoms with Crippen LogP contribution in [-0.2, 0) is 20.9 Å². The number of Topliss-reactive ketones (excluding diaryl/α,β-unsaturated/α-hetero) is 2. The van der Waals surface area contributed by atoms with E-state index < -0.39 is 30.1 Å². The van der Waals surface area contributed by atoms with Crippen molar-refractivity contribution in [2.24, 2.45) is 0 Å². The number of amides is 1. The van der Waals surface area contributed by atoms with Crippen molar-refractivity contribution in [1.82, 2.24) is 9.80 Å². The van der Waals surface area contributed by atoms with Crippen LogP contribution in [0, 0.1) is 11.8 Å². The summed E-state index contributed by atoms with van der Waals surface area (Å²) in [6.07, 6.45) is 0.0940. The lowest BCUT2D eigenvalue weighted by molar-refractivity contribution is -0.134. The third kappa shape index (κ3) is 6.61. The van der Waals surface area contributed by atoms with Gasteiger partial charge in [-0.1, -0.05) is 30.9 Å². The van der Waals surface area contributed by atoms with Crippen LogP contribution in [0.4, 0.5) is 0 Å². The Hall–Kier alpha value is -3.31. The lowest BCUT2D eigenvalue weighted by Gasteiger charge is -2.26. The number of benzene rings is 2. The second kappa shape index (κ2) is 12.2. The highest BCUT2D eigenvalue weighted by molar-refractivity contribution is 6.10. The number of ether oxygens (including phenoxy) is 1. The van der Waals surface area contributed by atoms with Gasteiger partial charge in [-0.15, -0.1) is 0 Å². The second-order valence-corrected chi connectivity index (χ2v) is 8.18. The Kier molecular flexibility index (Phi) is 9.11. The molecule has 1 unspecified atom stereocenters. The molecule has 2 aromatic carbocycles. The van der Waals surface area contributed by atoms with E-state index in [2.05, 4.69) is 28.9 Å². The van der Waals surface area contributed by atoms with E-state index in [9.17, 15) is 14.4 Å². The number of ketones is 2. The average molecular weight is 463 g/mol. The molecule has 1 amide bonds. The van der Waals surface area contributed by atoms with E-state index in [-0.39, 0.29) is 6.42 Å². The molecular formula is C27H30N2O5. The van der Waals surface area contributed by atoms with Crippen LogP contribution < -0.4 is 0 Å². The first-order chi connectivity index (χ1) is 16.4. The summed E-state index contributed by atoms with van der Waals surface area (Å²) < 4.78 is 5.38. The second-order valence-electron chi connectivity index (χ2n) is 8.18. The molecular weight excluding hydrogens is 432 g/mol. The van der Waals surface area contributed by atoms with Crippen LogP contribution in [0.3, 0.4) is 0 Å². The molecule has 1 fully saturated rings. The molecule has 7 nitrogen and oxygen atoms in total. The van der Waals surface area contributed by atoms with Crippen molar-refractivity contribution < 1.29 is 24.2 Å². The van der Waals surface area contributed by atoms with Gasteiger partial charge < -0.3 is 14.7 Å². The van der Waals surface area contributed by atoms with E-state index in [4.69, 9.17) is 9.84 Å². The molecule has 34 heavy (non-hydrogen) atoms. The van der Waals surface area contributed by atoms with Gasteiger partial charge in [0.05, 0.1) is 13.2 Å². The molecule has 0 aromatic heterocycles. The van der Waals surface area contributed by atoms with E-state index in [1.54, 1.807) is 31.2 Å². The fourth-order valence-electron chi connectivity index (χ4n) is 3.76. The SMILES string of the molecule is CCC(=O)C(C(=O)CO)N(C)C(=O)c1ccc(C#Cc2ccc(CN3CCOCC3)cc2)cc1. The molecule has 7 heteroatoms. The Labute approximate surface area is 200 Å². The van der Waals surface area contributed by atoms with Gasteiger partial charge in [-0.25, -0.2) is 0 Å². The fraction of sp³-hybridized carbons (Fsp3) is 0.370. The quantitative estimate of drug-likeness (QED) is 0.476. The van der Waals surface area contributed by atoms with Gasteiger partial charge in [-0.2, -0.15) is 0 Å². The van der Waals surface area contributed by atoms with E-state index >= 15 is 0 Å². The standard InChI is InChI=1S/C27H30N2O5/c1-3-24(31)26(25(32)19-30)28(2)27(33)23-12-10-21(11-13-23)5-4-20-6-8-22(9-7-20)18-29-14-16-34-17-15-29/h6-13,26,30H,3,14-19H2,1-2H3. The highest BCUT2D eigenvalue weighted by atomic mass is 16.5. The number of aliphatic hydroxyl groups excluding tert-OH is 1. The van der Waals surface area contributed by atoms with Gasteiger partial charge in [0.2, 0.25) is 0 Å². The maximum absolute atomic E-state index is 12.8. The van der Waals surface area contributed by atoms with Crippen molar-refractivity contribution in [3.05, 3.63) is 70.8 Å². The summed E-state index contributed by atoms with van der Waals surface area (Å²) in [4.78, 5) is 40.4. The lowest BCUT2D eigenvalue weighted by Crippen LogP contribution is -2.48. The summed E-state index contributed by atoms with van der Waals surface area (Å²) >= 11 is 0. The Morgan fingerprint density at radius 1 is 0.971 bits per heavy atom. The number of aliphatic hydroxyl groups is 1. The molecule has 0 radical (unpaired) electrons. The number of carbonyl (C=O) groups excluding carboxylic acids is 3. The predicted octanol–water partition coefficient (Wildman–Crippen LogP) is 1.90. The van der Waals surface area contributed by atoms with Crippen LogP contribution in [0.1, 0.15) is 40.4 Å². The zero-order valence-corrected chi connectivity index (χ0v) is 19.6. The normalized spacial score (nSPS) is 14.6. The number of rotatable bonds is 8. The summed E-state index contributed by atoms with van der Waals surface area (Å²) in [6, 6.07) is 13.6. The third-order valence-corrected chi connectivity index (χ3v) is 5.77. The predicted molar refractivity (Wildman–Crippen MR) is 128 cm³/mol. The van der Waals surface area contributed by atoms with Gasteiger partial charge >= 0.3 is 0 Å². The molecule has 1 heterocycles. The molecule has 3 rings (SSSR count). The van der Waals surface area contributed by atoms with E-state index in [0.717, 1.165) is 48.9 Å². The highest BCUT2D eigenvalue weighted by Gasteiger charge is 2.32. The topological polar surface area (TPSA) is 87.2 Å². The van der Waals surface area contributed by atoms with Gasteiger partial charge in [0.1, 0.15) is 6.61 Å². The molecule has 0 spiro atoms. The molecule has 1 aliphatic heterocycles. The van der Waals surface area contributed by atoms with Crippen molar-refractivity contribution >= 4 is 17.5 Å². The molecule has 1 aliphatic rings. The first kappa shape index (κ1) is 25.3. The molecule has 1 saturated heterocycles. The first-order valence-corrected chi connectivity index (χ1v) is 11.4. The van der Waals surface area contributed by atoms with Crippen LogP contribution in [0.5, 0.6) is 0 Å². The molecule has 0 bridgehead atoms. The average Bonchev–Trinajstić information content (AvgIpc) is 2.88. The smallest absolute Gasteiger partial charge is 0.254 e. The van der Waals surface area contributed by atoms with Gasteiger partial charge in [0, 0.05) is 49.8 Å². The molecule has 1 N–H and O–H groups in total. The Morgan fingerprint density at radius 3 is 2.06 bits per heavy atom. The lowest BCUT2D eigenvalue weighted by atomic mass is 10.0. The maximum Gasteiger partial charge on any atom is 0.254 e.